The van der Waals surface area contributed by atoms with Crippen molar-refractivity contribution >= 4 is 17.3 Å². The molecule has 1 aromatic rings. The second kappa shape index (κ2) is 5.96. The van der Waals surface area contributed by atoms with Crippen LogP contribution in [0.3, 0.4) is 0 Å². The van der Waals surface area contributed by atoms with E-state index >= 15 is 0 Å². The maximum Gasteiger partial charge on any atom is 0.317 e. The SMILES string of the molecule is Cc1nc(CN(CC(=O)O)CC(C)C)cs1. The minimum atomic E-state index is -0.785. The van der Waals surface area contributed by atoms with Gasteiger partial charge in [-0.15, -0.1) is 11.3 Å². The molecule has 0 unspecified atom stereocenters. The van der Waals surface area contributed by atoms with Gasteiger partial charge in [-0.1, -0.05) is 13.8 Å². The molecule has 4 nitrogen and oxygen atoms in total. The predicted molar refractivity (Wildman–Crippen MR) is 64.6 cm³/mol. The minimum absolute atomic E-state index is 0.0781. The van der Waals surface area contributed by atoms with Crippen LogP contribution in [0, 0.1) is 12.8 Å². The predicted octanol–water partition coefficient (Wildman–Crippen LogP) is 1.99. The molecule has 0 aliphatic heterocycles. The number of carboxylic acid groups (broad SMARTS) is 1. The smallest absolute Gasteiger partial charge is 0.317 e. The molecule has 0 spiro atoms. The minimum Gasteiger partial charge on any atom is -0.480 e. The Morgan fingerprint density at radius 1 is 1.62 bits per heavy atom. The van der Waals surface area contributed by atoms with Crippen LogP contribution in [0.5, 0.6) is 0 Å². The fourth-order valence-electron chi connectivity index (χ4n) is 1.60. The van der Waals surface area contributed by atoms with Crippen LogP contribution >= 0.6 is 11.3 Å². The van der Waals surface area contributed by atoms with Gasteiger partial charge >= 0.3 is 5.97 Å². The summed E-state index contributed by atoms with van der Waals surface area (Å²) >= 11 is 1.60. The zero-order valence-corrected chi connectivity index (χ0v) is 10.8. The molecule has 0 saturated heterocycles. The number of aromatic nitrogens is 1. The van der Waals surface area contributed by atoms with Crippen LogP contribution in [0.25, 0.3) is 0 Å². The van der Waals surface area contributed by atoms with E-state index < -0.39 is 5.97 Å². The monoisotopic (exact) mass is 242 g/mol. The van der Waals surface area contributed by atoms with Crippen molar-refractivity contribution < 1.29 is 9.90 Å². The lowest BCUT2D eigenvalue weighted by molar-refractivity contribution is -0.138. The molecule has 0 atom stereocenters. The summed E-state index contributed by atoms with van der Waals surface area (Å²) in [7, 11) is 0. The van der Waals surface area contributed by atoms with E-state index in [1.54, 1.807) is 11.3 Å². The Bertz CT molecular complexity index is 350. The fraction of sp³-hybridized carbons (Fsp3) is 0.636. The van der Waals surface area contributed by atoms with Gasteiger partial charge in [0.2, 0.25) is 0 Å². The fourth-order valence-corrected chi connectivity index (χ4v) is 2.21. The number of aryl methyl sites for hydroxylation is 1. The molecule has 1 aromatic heterocycles. The van der Waals surface area contributed by atoms with Crippen LogP contribution < -0.4 is 0 Å². The summed E-state index contributed by atoms with van der Waals surface area (Å²) in [6.07, 6.45) is 0. The molecule has 1 heterocycles. The van der Waals surface area contributed by atoms with Crippen molar-refractivity contribution in [2.24, 2.45) is 5.92 Å². The maximum atomic E-state index is 10.7. The highest BCUT2D eigenvalue weighted by Crippen LogP contribution is 2.11. The van der Waals surface area contributed by atoms with Crippen LogP contribution in [0.15, 0.2) is 5.38 Å². The summed E-state index contributed by atoms with van der Waals surface area (Å²) in [5, 5.41) is 11.8. The number of rotatable bonds is 6. The summed E-state index contributed by atoms with van der Waals surface area (Å²) in [4.78, 5) is 17.0. The molecule has 0 aliphatic rings. The number of carboxylic acids is 1. The van der Waals surface area contributed by atoms with E-state index in [-0.39, 0.29) is 6.54 Å². The van der Waals surface area contributed by atoms with Gasteiger partial charge in [0.25, 0.3) is 0 Å². The normalized spacial score (nSPS) is 11.3. The van der Waals surface area contributed by atoms with Gasteiger partial charge in [0, 0.05) is 18.5 Å². The third kappa shape index (κ3) is 4.72. The van der Waals surface area contributed by atoms with Gasteiger partial charge in [-0.25, -0.2) is 4.98 Å². The first-order chi connectivity index (χ1) is 7.47. The van der Waals surface area contributed by atoms with Crippen LogP contribution in [0.2, 0.25) is 0 Å². The van der Waals surface area contributed by atoms with E-state index in [2.05, 4.69) is 18.8 Å². The van der Waals surface area contributed by atoms with Crippen molar-refractivity contribution in [1.82, 2.24) is 9.88 Å². The third-order valence-corrected chi connectivity index (χ3v) is 2.86. The van der Waals surface area contributed by atoms with E-state index in [1.165, 1.54) is 0 Å². The summed E-state index contributed by atoms with van der Waals surface area (Å²) < 4.78 is 0. The van der Waals surface area contributed by atoms with Gasteiger partial charge < -0.3 is 5.11 Å². The molecule has 0 fully saturated rings. The van der Waals surface area contributed by atoms with E-state index in [0.29, 0.717) is 12.5 Å². The van der Waals surface area contributed by atoms with Gasteiger partial charge in [-0.2, -0.15) is 0 Å². The summed E-state index contributed by atoms with van der Waals surface area (Å²) in [5.74, 6) is -0.327. The van der Waals surface area contributed by atoms with Gasteiger partial charge in [-0.05, 0) is 12.8 Å². The van der Waals surface area contributed by atoms with Crippen LogP contribution in [0.4, 0.5) is 0 Å². The molecule has 0 amide bonds. The highest BCUT2D eigenvalue weighted by Gasteiger charge is 2.13. The summed E-state index contributed by atoms with van der Waals surface area (Å²) in [5.41, 5.74) is 0.962. The number of hydrogen-bond acceptors (Lipinski definition) is 4. The average molecular weight is 242 g/mol. The second-order valence-corrected chi connectivity index (χ2v) is 5.38. The zero-order valence-electron chi connectivity index (χ0n) is 9.93. The number of carbonyl (C=O) groups is 1. The van der Waals surface area contributed by atoms with Crippen LogP contribution in [0.1, 0.15) is 24.5 Å². The maximum absolute atomic E-state index is 10.7. The van der Waals surface area contributed by atoms with E-state index in [0.717, 1.165) is 17.2 Å². The number of hydrogen-bond donors (Lipinski definition) is 1. The Labute approximate surface area is 99.9 Å². The Balaban J connectivity index is 2.58. The van der Waals surface area contributed by atoms with Crippen molar-refractivity contribution in [2.75, 3.05) is 13.1 Å². The molecule has 90 valence electrons. The average Bonchev–Trinajstić information content (AvgIpc) is 2.48. The molecular formula is C11H18N2O2S. The van der Waals surface area contributed by atoms with Gasteiger partial charge in [0.05, 0.1) is 17.2 Å². The van der Waals surface area contributed by atoms with Crippen molar-refractivity contribution in [3.05, 3.63) is 16.1 Å². The molecular weight excluding hydrogens is 224 g/mol. The Morgan fingerprint density at radius 3 is 2.75 bits per heavy atom. The third-order valence-electron chi connectivity index (χ3n) is 2.03. The summed E-state index contributed by atoms with van der Waals surface area (Å²) in [6, 6.07) is 0. The van der Waals surface area contributed by atoms with Crippen LogP contribution in [-0.2, 0) is 11.3 Å². The van der Waals surface area contributed by atoms with Gasteiger partial charge in [0.15, 0.2) is 0 Å². The first-order valence-electron chi connectivity index (χ1n) is 5.32. The topological polar surface area (TPSA) is 53.4 Å². The van der Waals surface area contributed by atoms with E-state index in [9.17, 15) is 4.79 Å². The Morgan fingerprint density at radius 2 is 2.31 bits per heavy atom. The molecule has 16 heavy (non-hydrogen) atoms. The van der Waals surface area contributed by atoms with Gasteiger partial charge in [0.1, 0.15) is 0 Å². The van der Waals surface area contributed by atoms with Crippen LogP contribution in [-0.4, -0.2) is 34.0 Å². The van der Waals surface area contributed by atoms with E-state index in [1.807, 2.05) is 17.2 Å². The molecule has 1 rings (SSSR count). The van der Waals surface area contributed by atoms with Crippen molar-refractivity contribution in [2.45, 2.75) is 27.3 Å². The first kappa shape index (κ1) is 13.1. The lowest BCUT2D eigenvalue weighted by Gasteiger charge is -2.21. The first-order valence-corrected chi connectivity index (χ1v) is 6.20. The summed E-state index contributed by atoms with van der Waals surface area (Å²) in [6.45, 7) is 7.60. The highest BCUT2D eigenvalue weighted by molar-refractivity contribution is 7.09. The lowest BCUT2D eigenvalue weighted by Crippen LogP contribution is -2.32. The largest absolute Gasteiger partial charge is 0.480 e. The molecule has 1 N–H and O–H groups in total. The molecule has 0 saturated carbocycles. The Hall–Kier alpha value is -0.940. The highest BCUT2D eigenvalue weighted by atomic mass is 32.1. The number of thiazole rings is 1. The molecule has 0 radical (unpaired) electrons. The molecule has 0 aliphatic carbocycles. The number of nitrogens with zero attached hydrogens (tertiary/aromatic N) is 2. The van der Waals surface area contributed by atoms with Gasteiger partial charge in [-0.3, -0.25) is 9.69 Å². The van der Waals surface area contributed by atoms with Crippen molar-refractivity contribution in [3.8, 4) is 0 Å². The number of aliphatic carboxylic acids is 1. The lowest BCUT2D eigenvalue weighted by atomic mass is 10.2. The van der Waals surface area contributed by atoms with Crippen molar-refractivity contribution in [1.29, 1.82) is 0 Å². The van der Waals surface area contributed by atoms with Crippen molar-refractivity contribution in [3.63, 3.8) is 0 Å². The molecule has 0 bridgehead atoms. The second-order valence-electron chi connectivity index (χ2n) is 4.32. The standard InChI is InChI=1S/C11H18N2O2S/c1-8(2)4-13(6-11(14)15)5-10-7-16-9(3)12-10/h7-8H,4-6H2,1-3H3,(H,14,15). The Kier molecular flexibility index (Phi) is 4.89. The molecule has 5 heteroatoms. The quantitative estimate of drug-likeness (QED) is 0.829. The molecule has 0 aromatic carbocycles. The van der Waals surface area contributed by atoms with E-state index in [4.69, 9.17) is 5.11 Å². The zero-order chi connectivity index (χ0) is 12.1.